The molecule has 0 N–H and O–H groups in total. The highest BCUT2D eigenvalue weighted by Crippen LogP contribution is 2.04. The summed E-state index contributed by atoms with van der Waals surface area (Å²) in [5.74, 6) is 1.16. The van der Waals surface area contributed by atoms with E-state index < -0.39 is 0 Å². The van der Waals surface area contributed by atoms with Crippen LogP contribution >= 0.6 is 0 Å². The monoisotopic (exact) mass is 199 g/mol. The molecule has 0 aromatic carbocycles. The third-order valence-electron chi connectivity index (χ3n) is 2.71. The van der Waals surface area contributed by atoms with Crippen molar-refractivity contribution in [1.82, 2.24) is 4.90 Å². The Bertz CT molecular complexity index is 156. The van der Waals surface area contributed by atoms with Gasteiger partial charge in [-0.3, -0.25) is 4.79 Å². The number of hydrogen-bond acceptors (Lipinski definition) is 2. The van der Waals surface area contributed by atoms with E-state index in [1.807, 2.05) is 6.92 Å². The molecule has 1 unspecified atom stereocenters. The first kappa shape index (κ1) is 13.6. The standard InChI is InChI=1S/C12H25NO/c1-5-11(3)10-13(4)9-7-8-12(14)6-2/h11H,5-10H2,1-4H3. The van der Waals surface area contributed by atoms with Crippen molar-refractivity contribution in [3.63, 3.8) is 0 Å². The van der Waals surface area contributed by atoms with Crippen LogP contribution in [0.3, 0.4) is 0 Å². The highest BCUT2D eigenvalue weighted by molar-refractivity contribution is 5.77. The molecule has 0 radical (unpaired) electrons. The van der Waals surface area contributed by atoms with Gasteiger partial charge in [0.2, 0.25) is 0 Å². The molecule has 0 amide bonds. The fourth-order valence-corrected chi connectivity index (χ4v) is 1.48. The Morgan fingerprint density at radius 3 is 2.50 bits per heavy atom. The van der Waals surface area contributed by atoms with Crippen LogP contribution in [0, 0.1) is 5.92 Å². The van der Waals surface area contributed by atoms with Crippen molar-refractivity contribution >= 4 is 5.78 Å². The summed E-state index contributed by atoms with van der Waals surface area (Å²) < 4.78 is 0. The lowest BCUT2D eigenvalue weighted by molar-refractivity contribution is -0.118. The molecule has 0 heterocycles. The van der Waals surface area contributed by atoms with Gasteiger partial charge in [-0.15, -0.1) is 0 Å². The summed E-state index contributed by atoms with van der Waals surface area (Å²) in [5, 5.41) is 0. The second-order valence-corrected chi connectivity index (χ2v) is 4.27. The largest absolute Gasteiger partial charge is 0.306 e. The van der Waals surface area contributed by atoms with E-state index in [0.29, 0.717) is 12.2 Å². The van der Waals surface area contributed by atoms with Gasteiger partial charge in [-0.25, -0.2) is 0 Å². The maximum absolute atomic E-state index is 11.1. The van der Waals surface area contributed by atoms with E-state index in [4.69, 9.17) is 0 Å². The first-order valence-electron chi connectivity index (χ1n) is 5.80. The van der Waals surface area contributed by atoms with Crippen LogP contribution in [0.15, 0.2) is 0 Å². The molecule has 0 aliphatic carbocycles. The molecule has 1 atom stereocenters. The molecule has 0 bridgehead atoms. The van der Waals surface area contributed by atoms with Gasteiger partial charge in [0.25, 0.3) is 0 Å². The van der Waals surface area contributed by atoms with Gasteiger partial charge in [0.15, 0.2) is 0 Å². The quantitative estimate of drug-likeness (QED) is 0.599. The van der Waals surface area contributed by atoms with Gasteiger partial charge in [0, 0.05) is 19.4 Å². The number of carbonyl (C=O) groups is 1. The highest BCUT2D eigenvalue weighted by Gasteiger charge is 2.05. The average molecular weight is 199 g/mol. The second kappa shape index (κ2) is 7.98. The van der Waals surface area contributed by atoms with Crippen molar-refractivity contribution in [2.45, 2.75) is 46.5 Å². The number of nitrogens with zero attached hydrogens (tertiary/aromatic N) is 1. The summed E-state index contributed by atoms with van der Waals surface area (Å²) in [5.41, 5.74) is 0. The number of carbonyl (C=O) groups excluding carboxylic acids is 1. The summed E-state index contributed by atoms with van der Waals surface area (Å²) in [4.78, 5) is 13.4. The molecule has 0 aromatic rings. The van der Waals surface area contributed by atoms with Crippen LogP contribution in [-0.4, -0.2) is 30.8 Å². The fraction of sp³-hybridized carbons (Fsp3) is 0.917. The van der Waals surface area contributed by atoms with E-state index in [1.165, 1.54) is 6.42 Å². The van der Waals surface area contributed by atoms with Gasteiger partial charge in [-0.05, 0) is 25.9 Å². The minimum Gasteiger partial charge on any atom is -0.306 e. The molecule has 84 valence electrons. The van der Waals surface area contributed by atoms with Gasteiger partial charge in [0.1, 0.15) is 5.78 Å². The lowest BCUT2D eigenvalue weighted by Gasteiger charge is -2.19. The third kappa shape index (κ3) is 7.07. The molecule has 14 heavy (non-hydrogen) atoms. The molecule has 2 nitrogen and oxygen atoms in total. The highest BCUT2D eigenvalue weighted by atomic mass is 16.1. The van der Waals surface area contributed by atoms with Crippen molar-refractivity contribution in [2.24, 2.45) is 5.92 Å². The Morgan fingerprint density at radius 2 is 2.00 bits per heavy atom. The van der Waals surface area contributed by atoms with E-state index >= 15 is 0 Å². The van der Waals surface area contributed by atoms with Crippen molar-refractivity contribution in [1.29, 1.82) is 0 Å². The zero-order chi connectivity index (χ0) is 11.0. The summed E-state index contributed by atoms with van der Waals surface area (Å²) >= 11 is 0. The van der Waals surface area contributed by atoms with Crippen LogP contribution in [0.1, 0.15) is 46.5 Å². The third-order valence-corrected chi connectivity index (χ3v) is 2.71. The molecule has 0 fully saturated rings. The van der Waals surface area contributed by atoms with Gasteiger partial charge in [-0.1, -0.05) is 27.2 Å². The number of ketones is 1. The van der Waals surface area contributed by atoms with Gasteiger partial charge in [-0.2, -0.15) is 0 Å². The normalized spacial score (nSPS) is 13.2. The Hall–Kier alpha value is -0.370. The Kier molecular flexibility index (Phi) is 7.77. The summed E-state index contributed by atoms with van der Waals surface area (Å²) in [6.45, 7) is 8.63. The fourth-order valence-electron chi connectivity index (χ4n) is 1.48. The molecule has 0 aliphatic rings. The van der Waals surface area contributed by atoms with E-state index in [0.717, 1.165) is 31.8 Å². The van der Waals surface area contributed by atoms with Crippen LogP contribution in [0.5, 0.6) is 0 Å². The smallest absolute Gasteiger partial charge is 0.132 e. The Labute approximate surface area is 88.7 Å². The molecule has 0 rings (SSSR count). The molecule has 0 saturated heterocycles. The topological polar surface area (TPSA) is 20.3 Å². The summed E-state index contributed by atoms with van der Waals surface area (Å²) in [7, 11) is 2.14. The van der Waals surface area contributed by atoms with E-state index in [1.54, 1.807) is 0 Å². The van der Waals surface area contributed by atoms with Crippen LogP contribution in [0.25, 0.3) is 0 Å². The van der Waals surface area contributed by atoms with E-state index in [9.17, 15) is 4.79 Å². The van der Waals surface area contributed by atoms with E-state index in [-0.39, 0.29) is 0 Å². The van der Waals surface area contributed by atoms with Crippen LogP contribution in [-0.2, 0) is 4.79 Å². The number of hydrogen-bond donors (Lipinski definition) is 0. The number of Topliss-reactive ketones (excluding diaryl/α,β-unsaturated/α-hetero) is 1. The predicted molar refractivity (Wildman–Crippen MR) is 61.5 cm³/mol. The molecular weight excluding hydrogens is 174 g/mol. The van der Waals surface area contributed by atoms with Crippen LogP contribution < -0.4 is 0 Å². The summed E-state index contributed by atoms with van der Waals surface area (Å²) in [6.07, 6.45) is 3.69. The minimum absolute atomic E-state index is 0.391. The maximum Gasteiger partial charge on any atom is 0.132 e. The van der Waals surface area contributed by atoms with Crippen molar-refractivity contribution in [3.8, 4) is 0 Å². The van der Waals surface area contributed by atoms with Crippen LogP contribution in [0.2, 0.25) is 0 Å². The van der Waals surface area contributed by atoms with Gasteiger partial charge < -0.3 is 4.90 Å². The molecule has 2 heteroatoms. The molecule has 0 aliphatic heterocycles. The second-order valence-electron chi connectivity index (χ2n) is 4.27. The molecular formula is C12H25NO. The predicted octanol–water partition coefficient (Wildman–Crippen LogP) is 2.72. The Balaban J connectivity index is 3.44. The first-order valence-corrected chi connectivity index (χ1v) is 5.80. The number of rotatable bonds is 8. The zero-order valence-corrected chi connectivity index (χ0v) is 10.2. The molecule has 0 saturated carbocycles. The van der Waals surface area contributed by atoms with Gasteiger partial charge in [0.05, 0.1) is 0 Å². The molecule has 0 aromatic heterocycles. The van der Waals surface area contributed by atoms with Crippen LogP contribution in [0.4, 0.5) is 0 Å². The van der Waals surface area contributed by atoms with Crippen molar-refractivity contribution in [3.05, 3.63) is 0 Å². The lowest BCUT2D eigenvalue weighted by Crippen LogP contribution is -2.25. The first-order chi connectivity index (χ1) is 6.60. The average Bonchev–Trinajstić information content (AvgIpc) is 2.17. The summed E-state index contributed by atoms with van der Waals surface area (Å²) in [6, 6.07) is 0. The van der Waals surface area contributed by atoms with Crippen molar-refractivity contribution in [2.75, 3.05) is 20.1 Å². The zero-order valence-electron chi connectivity index (χ0n) is 10.2. The lowest BCUT2D eigenvalue weighted by atomic mass is 10.1. The minimum atomic E-state index is 0.391. The SMILES string of the molecule is CCC(=O)CCCN(C)CC(C)CC. The Morgan fingerprint density at radius 1 is 1.36 bits per heavy atom. The van der Waals surface area contributed by atoms with Gasteiger partial charge >= 0.3 is 0 Å². The maximum atomic E-state index is 11.1. The van der Waals surface area contributed by atoms with E-state index in [2.05, 4.69) is 25.8 Å². The molecule has 0 spiro atoms. The van der Waals surface area contributed by atoms with Crippen molar-refractivity contribution < 1.29 is 4.79 Å².